The number of ether oxygens (including phenoxy) is 1. The molecule has 2 rings (SSSR count). The molecule has 1 aromatic carbocycles. The van der Waals surface area contributed by atoms with Crippen LogP contribution in [-0.2, 0) is 0 Å². The average Bonchev–Trinajstić information content (AvgIpc) is 2.89. The Morgan fingerprint density at radius 2 is 2.24 bits per heavy atom. The molecule has 2 N–H and O–H groups in total. The molecule has 1 saturated heterocycles. The summed E-state index contributed by atoms with van der Waals surface area (Å²) in [5.74, 6) is 1.32. The highest BCUT2D eigenvalue weighted by Gasteiger charge is 2.15. The second kappa shape index (κ2) is 5.68. The summed E-state index contributed by atoms with van der Waals surface area (Å²) in [6.07, 6.45) is 1.14. The molecular formula is C13H18N2O2. The summed E-state index contributed by atoms with van der Waals surface area (Å²) >= 11 is 0. The number of methoxy groups -OCH3 is 1. The zero-order valence-corrected chi connectivity index (χ0v) is 10.0. The van der Waals surface area contributed by atoms with Gasteiger partial charge in [-0.3, -0.25) is 4.79 Å². The molecule has 1 aromatic rings. The Bertz CT molecular complexity index is 370. The molecule has 1 amide bonds. The Morgan fingerprint density at radius 3 is 2.82 bits per heavy atom. The van der Waals surface area contributed by atoms with Gasteiger partial charge in [0, 0.05) is 12.1 Å². The second-order valence-electron chi connectivity index (χ2n) is 4.30. The van der Waals surface area contributed by atoms with Gasteiger partial charge < -0.3 is 15.4 Å². The van der Waals surface area contributed by atoms with E-state index in [9.17, 15) is 4.79 Å². The molecule has 0 aliphatic carbocycles. The van der Waals surface area contributed by atoms with E-state index in [0.717, 1.165) is 31.8 Å². The minimum Gasteiger partial charge on any atom is -0.497 e. The van der Waals surface area contributed by atoms with E-state index < -0.39 is 0 Å². The van der Waals surface area contributed by atoms with E-state index in [1.165, 1.54) is 0 Å². The van der Waals surface area contributed by atoms with Gasteiger partial charge in [-0.15, -0.1) is 0 Å². The first-order valence-electron chi connectivity index (χ1n) is 5.92. The van der Waals surface area contributed by atoms with Crippen LogP contribution in [0.25, 0.3) is 0 Å². The molecule has 17 heavy (non-hydrogen) atoms. The van der Waals surface area contributed by atoms with E-state index in [4.69, 9.17) is 4.74 Å². The number of amides is 1. The van der Waals surface area contributed by atoms with Crippen LogP contribution in [0, 0.1) is 5.92 Å². The van der Waals surface area contributed by atoms with Gasteiger partial charge in [-0.1, -0.05) is 0 Å². The molecule has 0 bridgehead atoms. The van der Waals surface area contributed by atoms with Crippen molar-refractivity contribution in [1.82, 2.24) is 10.6 Å². The molecule has 92 valence electrons. The summed E-state index contributed by atoms with van der Waals surface area (Å²) in [5, 5.41) is 6.24. The van der Waals surface area contributed by atoms with Crippen LogP contribution in [0.5, 0.6) is 5.75 Å². The third kappa shape index (κ3) is 3.20. The zero-order valence-electron chi connectivity index (χ0n) is 10.0. The van der Waals surface area contributed by atoms with Gasteiger partial charge in [0.25, 0.3) is 5.91 Å². The maximum absolute atomic E-state index is 11.8. The lowest BCUT2D eigenvalue weighted by Crippen LogP contribution is -2.30. The van der Waals surface area contributed by atoms with E-state index >= 15 is 0 Å². The monoisotopic (exact) mass is 234 g/mol. The number of rotatable bonds is 4. The molecule has 4 heteroatoms. The van der Waals surface area contributed by atoms with E-state index in [1.807, 2.05) is 0 Å². The molecule has 1 aliphatic rings. The average molecular weight is 234 g/mol. The van der Waals surface area contributed by atoms with E-state index in [1.54, 1.807) is 31.4 Å². The molecule has 1 aliphatic heterocycles. The summed E-state index contributed by atoms with van der Waals surface area (Å²) in [7, 11) is 1.61. The van der Waals surface area contributed by atoms with Crippen molar-refractivity contribution in [2.75, 3.05) is 26.7 Å². The first-order valence-corrected chi connectivity index (χ1v) is 5.92. The van der Waals surface area contributed by atoms with Crippen LogP contribution >= 0.6 is 0 Å². The zero-order chi connectivity index (χ0) is 12.1. The molecule has 1 atom stereocenters. The molecule has 4 nitrogen and oxygen atoms in total. The quantitative estimate of drug-likeness (QED) is 0.818. The van der Waals surface area contributed by atoms with Crippen molar-refractivity contribution in [3.63, 3.8) is 0 Å². The van der Waals surface area contributed by atoms with Gasteiger partial charge in [0.05, 0.1) is 7.11 Å². The normalized spacial score (nSPS) is 19.0. The van der Waals surface area contributed by atoms with Crippen molar-refractivity contribution >= 4 is 5.91 Å². The van der Waals surface area contributed by atoms with Crippen LogP contribution in [0.3, 0.4) is 0 Å². The predicted octanol–water partition coefficient (Wildman–Crippen LogP) is 1.03. The van der Waals surface area contributed by atoms with Crippen LogP contribution in [0.1, 0.15) is 16.8 Å². The van der Waals surface area contributed by atoms with Gasteiger partial charge in [0.2, 0.25) is 0 Å². The van der Waals surface area contributed by atoms with Crippen molar-refractivity contribution in [3.05, 3.63) is 29.8 Å². The van der Waals surface area contributed by atoms with Gasteiger partial charge in [0.1, 0.15) is 5.75 Å². The lowest BCUT2D eigenvalue weighted by atomic mass is 10.1. The largest absolute Gasteiger partial charge is 0.497 e. The third-order valence-corrected chi connectivity index (χ3v) is 3.07. The van der Waals surface area contributed by atoms with Crippen LogP contribution in [0.15, 0.2) is 24.3 Å². The van der Waals surface area contributed by atoms with Crippen LogP contribution < -0.4 is 15.4 Å². The van der Waals surface area contributed by atoms with Gasteiger partial charge in [0.15, 0.2) is 0 Å². The number of benzene rings is 1. The highest BCUT2D eigenvalue weighted by molar-refractivity contribution is 5.94. The maximum atomic E-state index is 11.8. The van der Waals surface area contributed by atoms with Gasteiger partial charge >= 0.3 is 0 Å². The third-order valence-electron chi connectivity index (χ3n) is 3.07. The highest BCUT2D eigenvalue weighted by Crippen LogP contribution is 2.11. The molecular weight excluding hydrogens is 216 g/mol. The molecule has 1 fully saturated rings. The van der Waals surface area contributed by atoms with Crippen LogP contribution in [-0.4, -0.2) is 32.7 Å². The first kappa shape index (κ1) is 11.9. The van der Waals surface area contributed by atoms with Gasteiger partial charge in [-0.25, -0.2) is 0 Å². The Hall–Kier alpha value is -1.55. The lowest BCUT2D eigenvalue weighted by Gasteiger charge is -2.10. The Balaban J connectivity index is 1.85. The Kier molecular flexibility index (Phi) is 3.98. The second-order valence-corrected chi connectivity index (χ2v) is 4.30. The van der Waals surface area contributed by atoms with Crippen LogP contribution in [0.4, 0.5) is 0 Å². The van der Waals surface area contributed by atoms with Crippen molar-refractivity contribution in [1.29, 1.82) is 0 Å². The van der Waals surface area contributed by atoms with Crippen LogP contribution in [0.2, 0.25) is 0 Å². The molecule has 0 unspecified atom stereocenters. The highest BCUT2D eigenvalue weighted by atomic mass is 16.5. The summed E-state index contributed by atoms with van der Waals surface area (Å²) in [4.78, 5) is 11.8. The molecule has 0 aromatic heterocycles. The minimum atomic E-state index is -0.0143. The summed E-state index contributed by atoms with van der Waals surface area (Å²) in [6.45, 7) is 2.81. The van der Waals surface area contributed by atoms with Gasteiger partial charge in [-0.05, 0) is 49.7 Å². The summed E-state index contributed by atoms with van der Waals surface area (Å²) < 4.78 is 5.05. The number of carbonyl (C=O) groups excluding carboxylic acids is 1. The number of hydrogen-bond acceptors (Lipinski definition) is 3. The smallest absolute Gasteiger partial charge is 0.251 e. The standard InChI is InChI=1S/C13H18N2O2/c1-17-12-4-2-11(3-5-12)13(16)15-9-10-6-7-14-8-10/h2-5,10,14H,6-9H2,1H3,(H,15,16)/t10-/m0/s1. The van der Waals surface area contributed by atoms with E-state index in [2.05, 4.69) is 10.6 Å². The van der Waals surface area contributed by atoms with Crippen molar-refractivity contribution in [3.8, 4) is 5.75 Å². The van der Waals surface area contributed by atoms with E-state index in [-0.39, 0.29) is 5.91 Å². The topological polar surface area (TPSA) is 50.4 Å². The molecule has 0 radical (unpaired) electrons. The number of nitrogens with one attached hydrogen (secondary N) is 2. The predicted molar refractivity (Wildman–Crippen MR) is 66.3 cm³/mol. The fourth-order valence-electron chi connectivity index (χ4n) is 1.97. The summed E-state index contributed by atoms with van der Waals surface area (Å²) in [5.41, 5.74) is 0.678. The van der Waals surface area contributed by atoms with Crippen molar-refractivity contribution in [2.45, 2.75) is 6.42 Å². The van der Waals surface area contributed by atoms with Gasteiger partial charge in [-0.2, -0.15) is 0 Å². The van der Waals surface area contributed by atoms with Crippen molar-refractivity contribution < 1.29 is 9.53 Å². The minimum absolute atomic E-state index is 0.0143. The Labute approximate surface area is 101 Å². The number of carbonyl (C=O) groups is 1. The molecule has 0 saturated carbocycles. The molecule has 0 spiro atoms. The lowest BCUT2D eigenvalue weighted by molar-refractivity contribution is 0.0948. The Morgan fingerprint density at radius 1 is 1.47 bits per heavy atom. The summed E-state index contributed by atoms with van der Waals surface area (Å²) in [6, 6.07) is 7.15. The van der Waals surface area contributed by atoms with E-state index in [0.29, 0.717) is 11.5 Å². The van der Waals surface area contributed by atoms with Crippen molar-refractivity contribution in [2.24, 2.45) is 5.92 Å². The fourth-order valence-corrected chi connectivity index (χ4v) is 1.97. The number of hydrogen-bond donors (Lipinski definition) is 2. The fraction of sp³-hybridized carbons (Fsp3) is 0.462. The SMILES string of the molecule is COc1ccc(C(=O)NC[C@H]2CCNC2)cc1. The maximum Gasteiger partial charge on any atom is 0.251 e. The first-order chi connectivity index (χ1) is 8.29. The molecule has 1 heterocycles.